The maximum atomic E-state index is 5.85. The minimum absolute atomic E-state index is 0.525. The monoisotopic (exact) mass is 265 g/mol. The Morgan fingerprint density at radius 2 is 1.95 bits per heavy atom. The van der Waals surface area contributed by atoms with Gasteiger partial charge in [-0.3, -0.25) is 4.90 Å². The van der Waals surface area contributed by atoms with E-state index in [4.69, 9.17) is 10.5 Å². The topological polar surface area (TPSA) is 41.7 Å². The first kappa shape index (κ1) is 15.8. The van der Waals surface area contributed by atoms with Crippen LogP contribution in [0, 0.1) is 0 Å². The second kappa shape index (κ2) is 8.02. The van der Waals surface area contributed by atoms with Crippen molar-refractivity contribution in [3.63, 3.8) is 0 Å². The summed E-state index contributed by atoms with van der Waals surface area (Å²) in [6.45, 7) is 8.10. The second-order valence-electron chi connectivity index (χ2n) is 5.13. The Labute approximate surface area is 117 Å². The predicted molar refractivity (Wildman–Crippen MR) is 81.6 cm³/mol. The number of anilines is 1. The first-order valence-electron chi connectivity index (χ1n) is 6.90. The summed E-state index contributed by atoms with van der Waals surface area (Å²) in [5.74, 6) is 0.777. The van der Waals surface area contributed by atoms with Crippen LogP contribution >= 0.6 is 0 Å². The Morgan fingerprint density at radius 1 is 1.26 bits per heavy atom. The van der Waals surface area contributed by atoms with Crippen molar-refractivity contribution in [2.24, 2.45) is 0 Å². The van der Waals surface area contributed by atoms with E-state index in [2.05, 4.69) is 37.7 Å². The average Bonchev–Trinajstić information content (AvgIpc) is 2.35. The summed E-state index contributed by atoms with van der Waals surface area (Å²) < 4.78 is 5.74. The summed E-state index contributed by atoms with van der Waals surface area (Å²) >= 11 is 0. The summed E-state index contributed by atoms with van der Waals surface area (Å²) in [5.41, 5.74) is 6.55. The quantitative estimate of drug-likeness (QED) is 0.729. The molecule has 0 saturated heterocycles. The SMILES string of the molecule is CCN(CCOc1ccccc1N)C(C)CN(C)C. The summed E-state index contributed by atoms with van der Waals surface area (Å²) in [6.07, 6.45) is 0. The van der Waals surface area contributed by atoms with Gasteiger partial charge in [-0.25, -0.2) is 0 Å². The van der Waals surface area contributed by atoms with Gasteiger partial charge in [0.2, 0.25) is 0 Å². The van der Waals surface area contributed by atoms with Gasteiger partial charge in [0.25, 0.3) is 0 Å². The standard InChI is InChI=1S/C15H27N3O/c1-5-18(13(2)12-17(3)4)10-11-19-15-9-7-6-8-14(15)16/h6-9,13H,5,10-12,16H2,1-4H3. The van der Waals surface area contributed by atoms with Crippen LogP contribution in [-0.4, -0.2) is 56.2 Å². The maximum absolute atomic E-state index is 5.85. The number of nitrogen functional groups attached to an aromatic ring is 1. The lowest BCUT2D eigenvalue weighted by Crippen LogP contribution is -2.42. The number of hydrogen-bond donors (Lipinski definition) is 1. The van der Waals surface area contributed by atoms with Gasteiger partial charge in [0.15, 0.2) is 0 Å². The minimum atomic E-state index is 0.525. The molecule has 0 saturated carbocycles. The zero-order valence-electron chi connectivity index (χ0n) is 12.6. The van der Waals surface area contributed by atoms with Crippen molar-refractivity contribution in [2.45, 2.75) is 19.9 Å². The predicted octanol–water partition coefficient (Wildman–Crippen LogP) is 1.92. The normalized spacial score (nSPS) is 12.9. The number of para-hydroxylation sites is 2. The van der Waals surface area contributed by atoms with E-state index in [9.17, 15) is 0 Å². The third-order valence-electron chi connectivity index (χ3n) is 3.21. The van der Waals surface area contributed by atoms with Gasteiger partial charge in [0.05, 0.1) is 5.69 Å². The van der Waals surface area contributed by atoms with Crippen LogP contribution in [0.3, 0.4) is 0 Å². The van der Waals surface area contributed by atoms with Crippen LogP contribution in [0.15, 0.2) is 24.3 Å². The molecule has 1 aromatic carbocycles. The Hall–Kier alpha value is -1.26. The molecule has 0 aliphatic carbocycles. The highest BCUT2D eigenvalue weighted by Gasteiger charge is 2.12. The number of hydrogen-bond acceptors (Lipinski definition) is 4. The van der Waals surface area contributed by atoms with Gasteiger partial charge < -0.3 is 15.4 Å². The van der Waals surface area contributed by atoms with Gasteiger partial charge in [-0.1, -0.05) is 19.1 Å². The van der Waals surface area contributed by atoms with E-state index in [1.165, 1.54) is 0 Å². The fourth-order valence-electron chi connectivity index (χ4n) is 2.22. The van der Waals surface area contributed by atoms with Crippen LogP contribution < -0.4 is 10.5 Å². The lowest BCUT2D eigenvalue weighted by atomic mass is 10.2. The molecule has 108 valence electrons. The molecule has 1 atom stereocenters. The summed E-state index contributed by atoms with van der Waals surface area (Å²) in [5, 5.41) is 0. The third-order valence-corrected chi connectivity index (χ3v) is 3.21. The number of benzene rings is 1. The Kier molecular flexibility index (Phi) is 6.67. The molecule has 4 nitrogen and oxygen atoms in total. The third kappa shape index (κ3) is 5.49. The molecule has 0 radical (unpaired) electrons. The summed E-state index contributed by atoms with van der Waals surface area (Å²) in [7, 11) is 4.21. The first-order valence-corrected chi connectivity index (χ1v) is 6.90. The molecule has 0 aliphatic heterocycles. The van der Waals surface area contributed by atoms with Crippen LogP contribution in [0.5, 0.6) is 5.75 Å². The van der Waals surface area contributed by atoms with Gasteiger partial charge in [-0.05, 0) is 39.7 Å². The van der Waals surface area contributed by atoms with Crippen LogP contribution in [0.4, 0.5) is 5.69 Å². The Balaban J connectivity index is 2.39. The lowest BCUT2D eigenvalue weighted by Gasteiger charge is -2.29. The molecular weight excluding hydrogens is 238 g/mol. The number of rotatable bonds is 8. The molecule has 1 aromatic rings. The Morgan fingerprint density at radius 3 is 2.53 bits per heavy atom. The lowest BCUT2D eigenvalue weighted by molar-refractivity contribution is 0.152. The zero-order valence-corrected chi connectivity index (χ0v) is 12.6. The van der Waals surface area contributed by atoms with Crippen LogP contribution in [0.1, 0.15) is 13.8 Å². The van der Waals surface area contributed by atoms with E-state index in [-0.39, 0.29) is 0 Å². The van der Waals surface area contributed by atoms with E-state index in [1.807, 2.05) is 24.3 Å². The Bertz CT molecular complexity index is 368. The van der Waals surface area contributed by atoms with Gasteiger partial charge in [0.1, 0.15) is 12.4 Å². The van der Waals surface area contributed by atoms with Crippen molar-refractivity contribution in [2.75, 3.05) is 46.1 Å². The molecule has 19 heavy (non-hydrogen) atoms. The van der Waals surface area contributed by atoms with E-state index >= 15 is 0 Å². The number of nitrogens with zero attached hydrogens (tertiary/aromatic N) is 2. The van der Waals surface area contributed by atoms with Gasteiger partial charge >= 0.3 is 0 Å². The number of ether oxygens (including phenoxy) is 1. The highest BCUT2D eigenvalue weighted by atomic mass is 16.5. The second-order valence-corrected chi connectivity index (χ2v) is 5.13. The largest absolute Gasteiger partial charge is 0.490 e. The minimum Gasteiger partial charge on any atom is -0.490 e. The van der Waals surface area contributed by atoms with E-state index < -0.39 is 0 Å². The zero-order chi connectivity index (χ0) is 14.3. The molecule has 1 rings (SSSR count). The molecule has 0 spiro atoms. The van der Waals surface area contributed by atoms with Gasteiger partial charge in [-0.2, -0.15) is 0 Å². The number of likely N-dealkylation sites (N-methyl/N-ethyl adjacent to an activating group) is 2. The molecular formula is C15H27N3O. The van der Waals surface area contributed by atoms with E-state index in [0.29, 0.717) is 18.3 Å². The van der Waals surface area contributed by atoms with Crippen molar-refractivity contribution in [1.82, 2.24) is 9.80 Å². The highest BCUT2D eigenvalue weighted by molar-refractivity contribution is 5.51. The van der Waals surface area contributed by atoms with Crippen LogP contribution in [0.2, 0.25) is 0 Å². The molecule has 0 fully saturated rings. The van der Waals surface area contributed by atoms with Crippen molar-refractivity contribution >= 4 is 5.69 Å². The molecule has 4 heteroatoms. The van der Waals surface area contributed by atoms with E-state index in [0.717, 1.165) is 25.4 Å². The van der Waals surface area contributed by atoms with Crippen LogP contribution in [-0.2, 0) is 0 Å². The molecule has 2 N–H and O–H groups in total. The molecule has 0 amide bonds. The summed E-state index contributed by atoms with van der Waals surface area (Å²) in [6, 6.07) is 8.16. The van der Waals surface area contributed by atoms with E-state index in [1.54, 1.807) is 0 Å². The fraction of sp³-hybridized carbons (Fsp3) is 0.600. The maximum Gasteiger partial charge on any atom is 0.142 e. The first-order chi connectivity index (χ1) is 9.04. The average molecular weight is 265 g/mol. The van der Waals surface area contributed by atoms with Crippen LogP contribution in [0.25, 0.3) is 0 Å². The van der Waals surface area contributed by atoms with Crippen molar-refractivity contribution < 1.29 is 4.74 Å². The molecule has 0 aromatic heterocycles. The van der Waals surface area contributed by atoms with Crippen molar-refractivity contribution in [1.29, 1.82) is 0 Å². The molecule has 0 aliphatic rings. The van der Waals surface area contributed by atoms with Crippen molar-refractivity contribution in [3.8, 4) is 5.75 Å². The van der Waals surface area contributed by atoms with Gasteiger partial charge in [0, 0.05) is 19.1 Å². The summed E-state index contributed by atoms with van der Waals surface area (Å²) in [4.78, 5) is 4.63. The van der Waals surface area contributed by atoms with Crippen molar-refractivity contribution in [3.05, 3.63) is 24.3 Å². The fourth-order valence-corrected chi connectivity index (χ4v) is 2.22. The molecule has 0 heterocycles. The number of nitrogens with two attached hydrogens (primary N) is 1. The smallest absolute Gasteiger partial charge is 0.142 e. The highest BCUT2D eigenvalue weighted by Crippen LogP contribution is 2.19. The van der Waals surface area contributed by atoms with Gasteiger partial charge in [-0.15, -0.1) is 0 Å². The molecule has 0 bridgehead atoms. The molecule has 1 unspecified atom stereocenters.